The Morgan fingerprint density at radius 3 is 2.83 bits per heavy atom. The summed E-state index contributed by atoms with van der Waals surface area (Å²) in [4.78, 5) is 14.4. The van der Waals surface area contributed by atoms with Crippen LogP contribution in [0.25, 0.3) is 0 Å². The molecule has 2 aromatic rings. The number of fused-ring (bicyclic) bond motifs is 1. The van der Waals surface area contributed by atoms with E-state index in [1.54, 1.807) is 24.1 Å². The fourth-order valence-electron chi connectivity index (χ4n) is 2.96. The number of hydrogen-bond acceptors (Lipinski definition) is 3. The number of anilines is 1. The number of methoxy groups -OCH3 is 1. The second-order valence-electron chi connectivity index (χ2n) is 6.05. The Morgan fingerprint density at radius 1 is 1.25 bits per heavy atom. The molecule has 126 valence electrons. The summed E-state index contributed by atoms with van der Waals surface area (Å²) in [6.45, 7) is 2.61. The van der Waals surface area contributed by atoms with Crippen molar-refractivity contribution in [2.75, 3.05) is 25.2 Å². The molecule has 4 nitrogen and oxygen atoms in total. The van der Waals surface area contributed by atoms with Crippen LogP contribution < -0.4 is 14.4 Å². The molecule has 0 spiro atoms. The Labute approximate surface area is 140 Å². The molecule has 1 aliphatic rings. The van der Waals surface area contributed by atoms with Gasteiger partial charge in [0, 0.05) is 18.7 Å². The molecule has 1 aliphatic heterocycles. The van der Waals surface area contributed by atoms with E-state index >= 15 is 0 Å². The molecule has 0 fully saturated rings. The number of amides is 1. The van der Waals surface area contributed by atoms with Crippen molar-refractivity contribution in [1.29, 1.82) is 0 Å². The SMILES string of the molecule is COc1ccc2c(c1)N(C(=O)COc1cccc(F)c1)CC(C)C2. The number of carbonyl (C=O) groups is 1. The van der Waals surface area contributed by atoms with Gasteiger partial charge < -0.3 is 14.4 Å². The Kier molecular flexibility index (Phi) is 4.69. The Hall–Kier alpha value is -2.56. The van der Waals surface area contributed by atoms with Crippen molar-refractivity contribution in [2.45, 2.75) is 13.3 Å². The van der Waals surface area contributed by atoms with Crippen LogP contribution in [0.5, 0.6) is 11.5 Å². The van der Waals surface area contributed by atoms with E-state index in [2.05, 4.69) is 6.92 Å². The molecule has 1 heterocycles. The van der Waals surface area contributed by atoms with Crippen molar-refractivity contribution in [3.63, 3.8) is 0 Å². The number of benzene rings is 2. The lowest BCUT2D eigenvalue weighted by molar-refractivity contribution is -0.120. The van der Waals surface area contributed by atoms with E-state index in [0.717, 1.165) is 17.7 Å². The van der Waals surface area contributed by atoms with Gasteiger partial charge in [-0.05, 0) is 36.1 Å². The first-order valence-electron chi connectivity index (χ1n) is 7.92. The lowest BCUT2D eigenvalue weighted by atomic mass is 9.93. The second kappa shape index (κ2) is 6.91. The molecule has 5 heteroatoms. The zero-order chi connectivity index (χ0) is 17.1. The Balaban J connectivity index is 1.77. The van der Waals surface area contributed by atoms with Gasteiger partial charge in [-0.2, -0.15) is 0 Å². The molecule has 1 unspecified atom stereocenters. The summed E-state index contributed by atoms with van der Waals surface area (Å²) in [5.41, 5.74) is 1.98. The molecule has 24 heavy (non-hydrogen) atoms. The van der Waals surface area contributed by atoms with E-state index in [1.807, 2.05) is 18.2 Å². The van der Waals surface area contributed by atoms with Crippen molar-refractivity contribution in [3.8, 4) is 11.5 Å². The summed E-state index contributed by atoms with van der Waals surface area (Å²) >= 11 is 0. The number of hydrogen-bond donors (Lipinski definition) is 0. The standard InChI is InChI=1S/C19H20FNO3/c1-13-8-14-6-7-16(23-2)10-18(14)21(11-13)19(22)12-24-17-5-3-4-15(20)9-17/h3-7,9-10,13H,8,11-12H2,1-2H3. The molecular formula is C19H20FNO3. The third-order valence-electron chi connectivity index (χ3n) is 4.11. The lowest BCUT2D eigenvalue weighted by Crippen LogP contribution is -2.41. The van der Waals surface area contributed by atoms with Crippen LogP contribution in [0, 0.1) is 11.7 Å². The van der Waals surface area contributed by atoms with Gasteiger partial charge in [0.05, 0.1) is 12.8 Å². The normalized spacial score (nSPS) is 16.5. The fourth-order valence-corrected chi connectivity index (χ4v) is 2.96. The zero-order valence-corrected chi connectivity index (χ0v) is 13.8. The van der Waals surface area contributed by atoms with Crippen molar-refractivity contribution >= 4 is 11.6 Å². The highest BCUT2D eigenvalue weighted by atomic mass is 19.1. The van der Waals surface area contributed by atoms with E-state index in [9.17, 15) is 9.18 Å². The summed E-state index contributed by atoms with van der Waals surface area (Å²) in [5.74, 6) is 0.886. The number of halogens is 1. The van der Waals surface area contributed by atoms with E-state index < -0.39 is 0 Å². The van der Waals surface area contributed by atoms with Crippen LogP contribution in [0.15, 0.2) is 42.5 Å². The molecule has 1 atom stereocenters. The van der Waals surface area contributed by atoms with E-state index in [1.165, 1.54) is 12.1 Å². The second-order valence-corrected chi connectivity index (χ2v) is 6.05. The van der Waals surface area contributed by atoms with Gasteiger partial charge in [0.15, 0.2) is 6.61 Å². The molecule has 0 aromatic heterocycles. The molecule has 0 saturated heterocycles. The molecule has 0 N–H and O–H groups in total. The van der Waals surface area contributed by atoms with Crippen LogP contribution >= 0.6 is 0 Å². The van der Waals surface area contributed by atoms with Crippen LogP contribution in [-0.4, -0.2) is 26.2 Å². The molecule has 0 saturated carbocycles. The molecule has 0 aliphatic carbocycles. The maximum Gasteiger partial charge on any atom is 0.264 e. The monoisotopic (exact) mass is 329 g/mol. The van der Waals surface area contributed by atoms with Gasteiger partial charge >= 0.3 is 0 Å². The molecule has 0 radical (unpaired) electrons. The van der Waals surface area contributed by atoms with E-state index in [4.69, 9.17) is 9.47 Å². The maximum atomic E-state index is 13.2. The van der Waals surface area contributed by atoms with Gasteiger partial charge in [-0.3, -0.25) is 4.79 Å². The summed E-state index contributed by atoms with van der Waals surface area (Å²) < 4.78 is 23.9. The molecule has 1 amide bonds. The highest BCUT2D eigenvalue weighted by Gasteiger charge is 2.27. The van der Waals surface area contributed by atoms with Gasteiger partial charge in [0.1, 0.15) is 17.3 Å². The number of carbonyl (C=O) groups excluding carboxylic acids is 1. The first-order valence-corrected chi connectivity index (χ1v) is 7.92. The summed E-state index contributed by atoms with van der Waals surface area (Å²) in [6.07, 6.45) is 0.924. The highest BCUT2D eigenvalue weighted by Crippen LogP contribution is 2.33. The Morgan fingerprint density at radius 2 is 2.08 bits per heavy atom. The summed E-state index contributed by atoms with van der Waals surface area (Å²) in [6, 6.07) is 11.6. The summed E-state index contributed by atoms with van der Waals surface area (Å²) in [5, 5.41) is 0. The molecule has 0 bridgehead atoms. The largest absolute Gasteiger partial charge is 0.497 e. The minimum atomic E-state index is -0.387. The van der Waals surface area contributed by atoms with Crippen molar-refractivity contribution < 1.29 is 18.7 Å². The predicted molar refractivity (Wildman–Crippen MR) is 90.1 cm³/mol. The summed E-state index contributed by atoms with van der Waals surface area (Å²) in [7, 11) is 1.60. The van der Waals surface area contributed by atoms with Crippen LogP contribution in [0.3, 0.4) is 0 Å². The van der Waals surface area contributed by atoms with Crippen LogP contribution in [0.2, 0.25) is 0 Å². The van der Waals surface area contributed by atoms with Gasteiger partial charge in [0.25, 0.3) is 5.91 Å². The minimum Gasteiger partial charge on any atom is -0.497 e. The minimum absolute atomic E-state index is 0.132. The fraction of sp³-hybridized carbons (Fsp3) is 0.316. The van der Waals surface area contributed by atoms with E-state index in [-0.39, 0.29) is 18.3 Å². The molecular weight excluding hydrogens is 309 g/mol. The van der Waals surface area contributed by atoms with Gasteiger partial charge in [0.2, 0.25) is 0 Å². The highest BCUT2D eigenvalue weighted by molar-refractivity contribution is 5.96. The molecule has 3 rings (SSSR count). The average Bonchev–Trinajstić information content (AvgIpc) is 2.58. The predicted octanol–water partition coefficient (Wildman–Crippen LogP) is 3.44. The van der Waals surface area contributed by atoms with Gasteiger partial charge in [-0.15, -0.1) is 0 Å². The van der Waals surface area contributed by atoms with Gasteiger partial charge in [-0.25, -0.2) is 4.39 Å². The maximum absolute atomic E-state index is 13.2. The topological polar surface area (TPSA) is 38.8 Å². The average molecular weight is 329 g/mol. The zero-order valence-electron chi connectivity index (χ0n) is 13.8. The van der Waals surface area contributed by atoms with Crippen molar-refractivity contribution in [3.05, 3.63) is 53.8 Å². The smallest absolute Gasteiger partial charge is 0.264 e. The Bertz CT molecular complexity index is 747. The van der Waals surface area contributed by atoms with E-state index in [0.29, 0.717) is 24.0 Å². The van der Waals surface area contributed by atoms with Crippen LogP contribution in [0.4, 0.5) is 10.1 Å². The van der Waals surface area contributed by atoms with Gasteiger partial charge in [-0.1, -0.05) is 19.1 Å². The third-order valence-corrected chi connectivity index (χ3v) is 4.11. The van der Waals surface area contributed by atoms with Crippen LogP contribution in [0.1, 0.15) is 12.5 Å². The quantitative estimate of drug-likeness (QED) is 0.862. The first-order chi connectivity index (χ1) is 11.6. The van der Waals surface area contributed by atoms with Crippen molar-refractivity contribution in [1.82, 2.24) is 0 Å². The van der Waals surface area contributed by atoms with Crippen LogP contribution in [-0.2, 0) is 11.2 Å². The van der Waals surface area contributed by atoms with Crippen molar-refractivity contribution in [2.24, 2.45) is 5.92 Å². The third kappa shape index (κ3) is 3.50. The first kappa shape index (κ1) is 16.3. The number of ether oxygens (including phenoxy) is 2. The lowest BCUT2D eigenvalue weighted by Gasteiger charge is -2.33. The number of rotatable bonds is 4. The number of nitrogens with zero attached hydrogens (tertiary/aromatic N) is 1. The molecule has 2 aromatic carbocycles.